The molecule has 108 valence electrons. The van der Waals surface area contributed by atoms with Gasteiger partial charge in [0, 0.05) is 12.1 Å². The zero-order valence-corrected chi connectivity index (χ0v) is 13.0. The molecule has 1 unspecified atom stereocenters. The third-order valence-electron chi connectivity index (χ3n) is 2.78. The molecule has 20 heavy (non-hydrogen) atoms. The molecule has 1 amide bonds. The molecule has 0 radical (unpaired) electrons. The Morgan fingerprint density at radius 2 is 2.25 bits per heavy atom. The van der Waals surface area contributed by atoms with E-state index in [1.807, 2.05) is 25.1 Å². The first-order valence-corrected chi connectivity index (χ1v) is 7.95. The zero-order valence-electron chi connectivity index (χ0n) is 12.2. The molecular formula is C16H21NO2S. The van der Waals surface area contributed by atoms with Crippen molar-refractivity contribution in [3.63, 3.8) is 0 Å². The summed E-state index contributed by atoms with van der Waals surface area (Å²) in [4.78, 5) is 12.2. The van der Waals surface area contributed by atoms with Crippen molar-refractivity contribution in [3.05, 3.63) is 34.9 Å². The second-order valence-electron chi connectivity index (χ2n) is 4.78. The van der Waals surface area contributed by atoms with E-state index in [-0.39, 0.29) is 12.5 Å². The van der Waals surface area contributed by atoms with Crippen molar-refractivity contribution < 1.29 is 9.90 Å². The largest absolute Gasteiger partial charge is 0.384 e. The van der Waals surface area contributed by atoms with Gasteiger partial charge in [-0.2, -0.15) is 11.8 Å². The number of carbonyl (C=O) groups is 1. The summed E-state index contributed by atoms with van der Waals surface area (Å²) in [7, 11) is 0. The van der Waals surface area contributed by atoms with Crippen molar-refractivity contribution in [1.82, 2.24) is 5.32 Å². The minimum atomic E-state index is -0.209. The van der Waals surface area contributed by atoms with E-state index in [9.17, 15) is 4.79 Å². The van der Waals surface area contributed by atoms with Crippen LogP contribution in [0.15, 0.2) is 18.2 Å². The van der Waals surface area contributed by atoms with Gasteiger partial charge in [-0.15, -0.1) is 0 Å². The van der Waals surface area contributed by atoms with Gasteiger partial charge >= 0.3 is 0 Å². The molecule has 0 aromatic heterocycles. The monoisotopic (exact) mass is 291 g/mol. The van der Waals surface area contributed by atoms with E-state index < -0.39 is 0 Å². The van der Waals surface area contributed by atoms with Crippen LogP contribution in [0.3, 0.4) is 0 Å². The van der Waals surface area contributed by atoms with Gasteiger partial charge in [0.25, 0.3) is 5.91 Å². The quantitative estimate of drug-likeness (QED) is 0.817. The Balaban J connectivity index is 2.83. The van der Waals surface area contributed by atoms with E-state index in [4.69, 9.17) is 5.11 Å². The molecule has 1 aromatic rings. The van der Waals surface area contributed by atoms with Crippen LogP contribution in [-0.2, 0) is 0 Å². The summed E-state index contributed by atoms with van der Waals surface area (Å²) >= 11 is 1.77. The van der Waals surface area contributed by atoms with Gasteiger partial charge in [0.05, 0.1) is 5.56 Å². The fourth-order valence-electron chi connectivity index (χ4n) is 1.80. The van der Waals surface area contributed by atoms with Gasteiger partial charge in [0.1, 0.15) is 6.61 Å². The number of carbonyl (C=O) groups excluding carboxylic acids is 1. The standard InChI is InChI=1S/C16H21NO2S/c1-12-6-7-14(5-4-8-18)15(9-12)16(19)17-10-13(2)11-20-3/h6-7,9,13,18H,8,10-11H2,1-3H3,(H,17,19). The van der Waals surface area contributed by atoms with Crippen molar-refractivity contribution in [3.8, 4) is 11.8 Å². The Labute approximate surface area is 125 Å². The van der Waals surface area contributed by atoms with Gasteiger partial charge in [-0.1, -0.05) is 30.4 Å². The molecule has 1 rings (SSSR count). The van der Waals surface area contributed by atoms with Crippen LogP contribution in [0.2, 0.25) is 0 Å². The fourth-order valence-corrected chi connectivity index (χ4v) is 2.48. The van der Waals surface area contributed by atoms with Crippen LogP contribution in [-0.4, -0.2) is 36.2 Å². The number of rotatable bonds is 5. The van der Waals surface area contributed by atoms with Gasteiger partial charge < -0.3 is 10.4 Å². The number of aryl methyl sites for hydroxylation is 1. The molecular weight excluding hydrogens is 270 g/mol. The molecule has 0 saturated heterocycles. The molecule has 0 bridgehead atoms. The number of aliphatic hydroxyl groups is 1. The van der Waals surface area contributed by atoms with E-state index in [0.29, 0.717) is 23.6 Å². The molecule has 4 heteroatoms. The van der Waals surface area contributed by atoms with Gasteiger partial charge in [0.15, 0.2) is 0 Å². The average Bonchev–Trinajstić information content (AvgIpc) is 2.43. The van der Waals surface area contributed by atoms with E-state index in [0.717, 1.165) is 11.3 Å². The summed E-state index contributed by atoms with van der Waals surface area (Å²) in [6, 6.07) is 5.56. The molecule has 1 atom stereocenters. The number of hydrogen-bond acceptors (Lipinski definition) is 3. The summed E-state index contributed by atoms with van der Waals surface area (Å²) in [5, 5.41) is 11.7. The predicted octanol–water partition coefficient (Wildman–Crippen LogP) is 2.07. The van der Waals surface area contributed by atoms with Crippen LogP contribution in [0.5, 0.6) is 0 Å². The second-order valence-corrected chi connectivity index (χ2v) is 5.69. The predicted molar refractivity (Wildman–Crippen MR) is 85.0 cm³/mol. The van der Waals surface area contributed by atoms with Crippen LogP contribution in [0.25, 0.3) is 0 Å². The number of aliphatic hydroxyl groups excluding tert-OH is 1. The van der Waals surface area contributed by atoms with Crippen molar-refractivity contribution in [1.29, 1.82) is 0 Å². The maximum Gasteiger partial charge on any atom is 0.252 e. The topological polar surface area (TPSA) is 49.3 Å². The smallest absolute Gasteiger partial charge is 0.252 e. The van der Waals surface area contributed by atoms with Gasteiger partial charge in [-0.05, 0) is 37.0 Å². The highest BCUT2D eigenvalue weighted by Crippen LogP contribution is 2.11. The normalized spacial score (nSPS) is 11.4. The summed E-state index contributed by atoms with van der Waals surface area (Å²) in [6.07, 6.45) is 2.06. The van der Waals surface area contributed by atoms with Crippen LogP contribution in [0.1, 0.15) is 28.4 Å². The first-order chi connectivity index (χ1) is 9.58. The summed E-state index contributed by atoms with van der Waals surface area (Å²) in [5.41, 5.74) is 2.24. The Morgan fingerprint density at radius 1 is 1.50 bits per heavy atom. The first kappa shape index (κ1) is 16.6. The van der Waals surface area contributed by atoms with E-state index >= 15 is 0 Å². The molecule has 0 spiro atoms. The van der Waals surface area contributed by atoms with Crippen molar-refractivity contribution in [2.24, 2.45) is 5.92 Å². The van der Waals surface area contributed by atoms with Crippen molar-refractivity contribution >= 4 is 17.7 Å². The lowest BCUT2D eigenvalue weighted by molar-refractivity contribution is 0.0949. The number of hydrogen-bond donors (Lipinski definition) is 2. The first-order valence-electron chi connectivity index (χ1n) is 6.56. The lowest BCUT2D eigenvalue weighted by Gasteiger charge is -2.12. The molecule has 0 fully saturated rings. The molecule has 0 saturated carbocycles. The molecule has 0 heterocycles. The number of amides is 1. The van der Waals surface area contributed by atoms with Crippen LogP contribution in [0.4, 0.5) is 0 Å². The van der Waals surface area contributed by atoms with Gasteiger partial charge in [0.2, 0.25) is 0 Å². The van der Waals surface area contributed by atoms with E-state index in [2.05, 4.69) is 30.3 Å². The maximum atomic E-state index is 12.2. The highest BCUT2D eigenvalue weighted by atomic mass is 32.2. The second kappa shape index (κ2) is 8.68. The zero-order chi connectivity index (χ0) is 15.0. The highest BCUT2D eigenvalue weighted by Gasteiger charge is 2.11. The Bertz CT molecular complexity index is 517. The van der Waals surface area contributed by atoms with Gasteiger partial charge in [-0.25, -0.2) is 0 Å². The Hall–Kier alpha value is -1.44. The maximum absolute atomic E-state index is 12.2. The Kier molecular flexibility index (Phi) is 7.21. The highest BCUT2D eigenvalue weighted by molar-refractivity contribution is 7.98. The molecule has 2 N–H and O–H groups in total. The summed E-state index contributed by atoms with van der Waals surface area (Å²) in [5.74, 6) is 6.75. The van der Waals surface area contributed by atoms with Crippen LogP contribution < -0.4 is 5.32 Å². The van der Waals surface area contributed by atoms with Crippen LogP contribution in [0, 0.1) is 24.7 Å². The number of nitrogens with one attached hydrogen (secondary N) is 1. The molecule has 0 aliphatic rings. The van der Waals surface area contributed by atoms with Crippen LogP contribution >= 0.6 is 11.8 Å². The van der Waals surface area contributed by atoms with Gasteiger partial charge in [-0.3, -0.25) is 4.79 Å². The van der Waals surface area contributed by atoms with Crippen molar-refractivity contribution in [2.45, 2.75) is 13.8 Å². The molecule has 0 aliphatic heterocycles. The number of benzene rings is 1. The lowest BCUT2D eigenvalue weighted by atomic mass is 10.0. The van der Waals surface area contributed by atoms with E-state index in [1.54, 1.807) is 11.8 Å². The fraction of sp³-hybridized carbons (Fsp3) is 0.438. The van der Waals surface area contributed by atoms with Crippen molar-refractivity contribution in [2.75, 3.05) is 25.2 Å². The Morgan fingerprint density at radius 3 is 2.90 bits per heavy atom. The molecule has 0 aliphatic carbocycles. The third kappa shape index (κ3) is 5.28. The summed E-state index contributed by atoms with van der Waals surface area (Å²) in [6.45, 7) is 4.50. The molecule has 3 nitrogen and oxygen atoms in total. The SMILES string of the molecule is CSCC(C)CNC(=O)c1cc(C)ccc1C#CCO. The lowest BCUT2D eigenvalue weighted by Crippen LogP contribution is -2.29. The minimum Gasteiger partial charge on any atom is -0.384 e. The minimum absolute atomic E-state index is 0.108. The van der Waals surface area contributed by atoms with E-state index in [1.165, 1.54) is 0 Å². The molecule has 1 aromatic carbocycles. The summed E-state index contributed by atoms with van der Waals surface area (Å²) < 4.78 is 0. The third-order valence-corrected chi connectivity index (χ3v) is 3.69. The average molecular weight is 291 g/mol. The number of thioether (sulfide) groups is 1.